The van der Waals surface area contributed by atoms with Crippen molar-refractivity contribution in [3.8, 4) is 0 Å². The molecule has 0 N–H and O–H groups in total. The van der Waals surface area contributed by atoms with Crippen molar-refractivity contribution in [1.82, 2.24) is 9.88 Å². The zero-order chi connectivity index (χ0) is 11.8. The fourth-order valence-electron chi connectivity index (χ4n) is 1.59. The average Bonchev–Trinajstić information content (AvgIpc) is 2.76. The summed E-state index contributed by atoms with van der Waals surface area (Å²) in [5.41, 5.74) is 2.31. The predicted octanol–water partition coefficient (Wildman–Crippen LogP) is 0.543. The second-order valence-corrected chi connectivity index (χ2v) is 5.89. The SMILES string of the molecule is O=C1CC(S(=O)(=O)F)CN1Cc1cscn1. The number of carbonyl (C=O) groups is 1. The Morgan fingerprint density at radius 1 is 1.62 bits per heavy atom. The lowest BCUT2D eigenvalue weighted by molar-refractivity contribution is -0.128. The van der Waals surface area contributed by atoms with E-state index >= 15 is 0 Å². The van der Waals surface area contributed by atoms with Crippen LogP contribution in [0.3, 0.4) is 0 Å². The van der Waals surface area contributed by atoms with E-state index in [1.54, 1.807) is 10.9 Å². The van der Waals surface area contributed by atoms with Gasteiger partial charge in [0, 0.05) is 18.3 Å². The van der Waals surface area contributed by atoms with Crippen LogP contribution in [0.25, 0.3) is 0 Å². The van der Waals surface area contributed by atoms with E-state index in [0.717, 1.165) is 0 Å². The number of nitrogens with zero attached hydrogens (tertiary/aromatic N) is 2. The Morgan fingerprint density at radius 3 is 2.88 bits per heavy atom. The zero-order valence-electron chi connectivity index (χ0n) is 8.17. The highest BCUT2D eigenvalue weighted by molar-refractivity contribution is 7.87. The van der Waals surface area contributed by atoms with E-state index in [0.29, 0.717) is 5.69 Å². The van der Waals surface area contributed by atoms with Crippen LogP contribution in [0.4, 0.5) is 3.89 Å². The summed E-state index contributed by atoms with van der Waals surface area (Å²) in [6, 6.07) is 0. The van der Waals surface area contributed by atoms with Crippen LogP contribution in [-0.4, -0.2) is 36.0 Å². The Hall–Kier alpha value is -1.02. The fraction of sp³-hybridized carbons (Fsp3) is 0.500. The molecule has 8 heteroatoms. The molecule has 1 aliphatic rings. The Morgan fingerprint density at radius 2 is 2.38 bits per heavy atom. The summed E-state index contributed by atoms with van der Waals surface area (Å²) in [6.07, 6.45) is -0.275. The summed E-state index contributed by atoms with van der Waals surface area (Å²) in [5, 5.41) is 0.545. The maximum absolute atomic E-state index is 12.7. The highest BCUT2D eigenvalue weighted by Crippen LogP contribution is 2.21. The second kappa shape index (κ2) is 4.10. The van der Waals surface area contributed by atoms with Crippen LogP contribution in [0.2, 0.25) is 0 Å². The molecular weight excluding hydrogens is 255 g/mol. The average molecular weight is 264 g/mol. The minimum Gasteiger partial charge on any atom is -0.335 e. The summed E-state index contributed by atoms with van der Waals surface area (Å²) in [7, 11) is -4.63. The molecule has 0 radical (unpaired) electrons. The number of aromatic nitrogens is 1. The lowest BCUT2D eigenvalue weighted by atomic mass is 10.4. The van der Waals surface area contributed by atoms with Gasteiger partial charge in [0.05, 0.1) is 17.7 Å². The van der Waals surface area contributed by atoms with E-state index in [1.165, 1.54) is 16.2 Å². The molecule has 1 aromatic rings. The summed E-state index contributed by atoms with van der Waals surface area (Å²) < 4.78 is 34.0. The Bertz CT molecular complexity index is 485. The third kappa shape index (κ3) is 2.38. The van der Waals surface area contributed by atoms with Gasteiger partial charge < -0.3 is 4.90 Å². The molecule has 0 spiro atoms. The molecule has 1 unspecified atom stereocenters. The lowest BCUT2D eigenvalue weighted by Crippen LogP contribution is -2.26. The maximum atomic E-state index is 12.7. The van der Waals surface area contributed by atoms with Gasteiger partial charge in [0.2, 0.25) is 5.91 Å². The normalized spacial score (nSPS) is 21.7. The highest BCUT2D eigenvalue weighted by Gasteiger charge is 2.38. The van der Waals surface area contributed by atoms with Crippen molar-refractivity contribution in [1.29, 1.82) is 0 Å². The summed E-state index contributed by atoms with van der Waals surface area (Å²) >= 11 is 1.39. The van der Waals surface area contributed by atoms with Crippen LogP contribution in [0.15, 0.2) is 10.9 Å². The Balaban J connectivity index is 2.06. The quantitative estimate of drug-likeness (QED) is 0.747. The number of carbonyl (C=O) groups excluding carboxylic acids is 1. The summed E-state index contributed by atoms with van der Waals surface area (Å²) in [4.78, 5) is 16.7. The van der Waals surface area contributed by atoms with Crippen molar-refractivity contribution in [2.75, 3.05) is 6.54 Å². The van der Waals surface area contributed by atoms with Gasteiger partial charge in [-0.1, -0.05) is 0 Å². The molecule has 1 fully saturated rings. The molecule has 1 aromatic heterocycles. The van der Waals surface area contributed by atoms with Gasteiger partial charge in [-0.15, -0.1) is 15.2 Å². The standard InChI is InChI=1S/C8H9FN2O3S2/c9-16(13,14)7-1-8(12)11(3-7)2-6-4-15-5-10-6/h4-5,7H,1-3H2. The van der Waals surface area contributed by atoms with Crippen LogP contribution < -0.4 is 0 Å². The van der Waals surface area contributed by atoms with Crippen LogP contribution >= 0.6 is 11.3 Å². The largest absolute Gasteiger partial charge is 0.335 e. The van der Waals surface area contributed by atoms with Crippen molar-refractivity contribution in [3.05, 3.63) is 16.6 Å². The van der Waals surface area contributed by atoms with Gasteiger partial charge in [0.15, 0.2) is 0 Å². The van der Waals surface area contributed by atoms with Crippen molar-refractivity contribution in [2.24, 2.45) is 0 Å². The molecule has 0 aliphatic carbocycles. The van der Waals surface area contributed by atoms with Crippen molar-refractivity contribution in [2.45, 2.75) is 18.2 Å². The molecule has 0 saturated carbocycles. The van der Waals surface area contributed by atoms with Gasteiger partial charge in [0.1, 0.15) is 5.25 Å². The van der Waals surface area contributed by atoms with Gasteiger partial charge >= 0.3 is 10.2 Å². The third-order valence-electron chi connectivity index (χ3n) is 2.41. The highest BCUT2D eigenvalue weighted by atomic mass is 32.3. The first-order valence-electron chi connectivity index (χ1n) is 4.55. The molecule has 16 heavy (non-hydrogen) atoms. The monoisotopic (exact) mass is 264 g/mol. The zero-order valence-corrected chi connectivity index (χ0v) is 9.80. The van der Waals surface area contributed by atoms with Crippen LogP contribution in [0, 0.1) is 0 Å². The molecule has 2 rings (SSSR count). The number of hydrogen-bond acceptors (Lipinski definition) is 5. The molecule has 2 heterocycles. The first kappa shape index (κ1) is 11.5. The van der Waals surface area contributed by atoms with Gasteiger partial charge in [-0.25, -0.2) is 4.98 Å². The van der Waals surface area contributed by atoms with E-state index in [-0.39, 0.29) is 25.4 Å². The number of hydrogen-bond donors (Lipinski definition) is 0. The molecule has 1 amide bonds. The number of thiazole rings is 1. The predicted molar refractivity (Wildman–Crippen MR) is 56.0 cm³/mol. The van der Waals surface area contributed by atoms with E-state index in [2.05, 4.69) is 4.98 Å². The molecular formula is C8H9FN2O3S2. The van der Waals surface area contributed by atoms with Gasteiger partial charge in [-0.2, -0.15) is 8.42 Å². The second-order valence-electron chi connectivity index (χ2n) is 3.56. The molecule has 1 saturated heterocycles. The van der Waals surface area contributed by atoms with Gasteiger partial charge in [-0.05, 0) is 0 Å². The maximum Gasteiger partial charge on any atom is 0.307 e. The first-order valence-corrected chi connectivity index (χ1v) is 6.94. The number of halogens is 1. The Kier molecular flexibility index (Phi) is 2.94. The van der Waals surface area contributed by atoms with Crippen molar-refractivity contribution in [3.63, 3.8) is 0 Å². The van der Waals surface area contributed by atoms with Crippen LogP contribution in [-0.2, 0) is 21.6 Å². The number of likely N-dealkylation sites (tertiary alicyclic amines) is 1. The minimum atomic E-state index is -4.63. The third-order valence-corrected chi connectivity index (χ3v) is 4.16. The van der Waals surface area contributed by atoms with Gasteiger partial charge in [0.25, 0.3) is 0 Å². The fourth-order valence-corrected chi connectivity index (χ4v) is 2.84. The van der Waals surface area contributed by atoms with Crippen molar-refractivity contribution >= 4 is 27.5 Å². The van der Waals surface area contributed by atoms with Crippen LogP contribution in [0.1, 0.15) is 12.1 Å². The smallest absolute Gasteiger partial charge is 0.307 e. The topological polar surface area (TPSA) is 67.3 Å². The first-order chi connectivity index (χ1) is 7.47. The summed E-state index contributed by atoms with van der Waals surface area (Å²) in [5.74, 6) is -0.348. The van der Waals surface area contributed by atoms with E-state index in [9.17, 15) is 17.1 Å². The molecule has 1 atom stereocenters. The van der Waals surface area contributed by atoms with Gasteiger partial charge in [-0.3, -0.25) is 4.79 Å². The number of rotatable bonds is 3. The molecule has 0 bridgehead atoms. The van der Waals surface area contributed by atoms with Crippen molar-refractivity contribution < 1.29 is 17.1 Å². The van der Waals surface area contributed by atoms with E-state index < -0.39 is 15.5 Å². The molecule has 5 nitrogen and oxygen atoms in total. The number of amides is 1. The molecule has 0 aromatic carbocycles. The Labute approximate surface area is 96.1 Å². The minimum absolute atomic E-state index is 0.0881. The lowest BCUT2D eigenvalue weighted by Gasteiger charge is -2.13. The molecule has 1 aliphatic heterocycles. The van der Waals surface area contributed by atoms with E-state index in [1.807, 2.05) is 0 Å². The molecule has 88 valence electrons. The van der Waals surface area contributed by atoms with E-state index in [4.69, 9.17) is 0 Å². The summed E-state index contributed by atoms with van der Waals surface area (Å²) in [6.45, 7) is 0.156. The van der Waals surface area contributed by atoms with Crippen LogP contribution in [0.5, 0.6) is 0 Å².